The zero-order valence-electron chi connectivity index (χ0n) is 14.9. The van der Waals surface area contributed by atoms with Crippen LogP contribution in [0, 0.1) is 6.92 Å². The first-order chi connectivity index (χ1) is 13.7. The molecular weight excluding hydrogens is 405 g/mol. The minimum absolute atomic E-state index is 0.0120. The van der Waals surface area contributed by atoms with Crippen molar-refractivity contribution in [3.05, 3.63) is 69.8 Å². The number of aromatic hydroxyl groups is 1. The van der Waals surface area contributed by atoms with Crippen molar-refractivity contribution >= 4 is 33.6 Å². The molecule has 29 heavy (non-hydrogen) atoms. The van der Waals surface area contributed by atoms with E-state index in [1.54, 1.807) is 31.2 Å². The first-order valence-corrected chi connectivity index (χ1v) is 9.44. The van der Waals surface area contributed by atoms with Crippen LogP contribution in [0.2, 0.25) is 0 Å². The molecule has 9 heteroatoms. The quantitative estimate of drug-likeness (QED) is 0.285. The number of hydrogen-bond donors (Lipinski definition) is 1. The monoisotopic (exact) mass is 418 g/mol. The van der Waals surface area contributed by atoms with Crippen LogP contribution >= 0.6 is 11.8 Å². The first-order valence-electron chi connectivity index (χ1n) is 8.46. The van der Waals surface area contributed by atoms with Gasteiger partial charge in [-0.2, -0.15) is 13.2 Å². The summed E-state index contributed by atoms with van der Waals surface area (Å²) in [5.41, 5.74) is 0.816. The largest absolute Gasteiger partial charge is 0.508 e. The van der Waals surface area contributed by atoms with Gasteiger partial charge in [-0.15, -0.1) is 11.8 Å². The minimum atomic E-state index is -4.67. The van der Waals surface area contributed by atoms with Gasteiger partial charge >= 0.3 is 11.8 Å². The fraction of sp³-hybridized carbons (Fsp3) is 0.150. The van der Waals surface area contributed by atoms with Gasteiger partial charge in [0.05, 0.1) is 5.52 Å². The lowest BCUT2D eigenvalue weighted by Gasteiger charge is -2.11. The third-order valence-electron chi connectivity index (χ3n) is 4.40. The Morgan fingerprint density at radius 2 is 1.86 bits per heavy atom. The number of hydrogen-bond acceptors (Lipinski definition) is 6. The highest BCUT2D eigenvalue weighted by atomic mass is 32.2. The molecule has 2 aromatic heterocycles. The molecule has 0 saturated heterocycles. The van der Waals surface area contributed by atoms with Crippen LogP contribution in [-0.4, -0.2) is 15.1 Å². The molecule has 5 nitrogen and oxygen atoms in total. The summed E-state index contributed by atoms with van der Waals surface area (Å²) in [6, 6.07) is 10.8. The van der Waals surface area contributed by atoms with E-state index in [1.165, 1.54) is 18.2 Å². The Morgan fingerprint density at radius 1 is 1.10 bits per heavy atom. The molecular formula is C20H13F3N2O3S. The van der Waals surface area contributed by atoms with E-state index in [0.29, 0.717) is 21.9 Å². The van der Waals surface area contributed by atoms with Gasteiger partial charge in [0.2, 0.25) is 5.82 Å². The van der Waals surface area contributed by atoms with Crippen molar-refractivity contribution in [3.8, 4) is 5.75 Å². The van der Waals surface area contributed by atoms with Crippen molar-refractivity contribution in [1.82, 2.24) is 9.97 Å². The molecule has 0 fully saturated rings. The van der Waals surface area contributed by atoms with Crippen LogP contribution in [0.25, 0.3) is 21.9 Å². The fourth-order valence-corrected chi connectivity index (χ4v) is 3.98. The number of para-hydroxylation sites is 1. The molecule has 0 aliphatic heterocycles. The molecule has 0 radical (unpaired) electrons. The third kappa shape index (κ3) is 3.65. The second-order valence-electron chi connectivity index (χ2n) is 6.33. The normalized spacial score (nSPS) is 12.0. The van der Waals surface area contributed by atoms with Crippen molar-refractivity contribution in [1.29, 1.82) is 0 Å². The van der Waals surface area contributed by atoms with Gasteiger partial charge in [-0.1, -0.05) is 18.2 Å². The molecule has 0 atom stereocenters. The van der Waals surface area contributed by atoms with Crippen LogP contribution in [0.3, 0.4) is 0 Å². The second kappa shape index (κ2) is 7.07. The summed E-state index contributed by atoms with van der Waals surface area (Å²) in [5.74, 6) is -1.04. The zero-order valence-corrected chi connectivity index (χ0v) is 15.8. The molecule has 0 unspecified atom stereocenters. The lowest BCUT2D eigenvalue weighted by molar-refractivity contribution is -0.145. The molecule has 0 spiro atoms. The lowest BCUT2D eigenvalue weighted by atomic mass is 10.1. The number of alkyl halides is 3. The van der Waals surface area contributed by atoms with Crippen LogP contribution in [0.15, 0.2) is 56.7 Å². The van der Waals surface area contributed by atoms with Crippen molar-refractivity contribution in [2.24, 2.45) is 0 Å². The molecule has 1 N–H and O–H groups in total. The highest BCUT2D eigenvalue weighted by Crippen LogP contribution is 2.35. The van der Waals surface area contributed by atoms with Gasteiger partial charge in [0.25, 0.3) is 0 Å². The van der Waals surface area contributed by atoms with Crippen molar-refractivity contribution in [2.45, 2.75) is 23.9 Å². The molecule has 0 saturated carbocycles. The summed E-state index contributed by atoms with van der Waals surface area (Å²) in [6.07, 6.45) is -4.67. The Labute approximate surface area is 166 Å². The summed E-state index contributed by atoms with van der Waals surface area (Å²) in [5, 5.41) is 11.1. The molecule has 4 aromatic rings. The molecule has 2 aromatic carbocycles. The average Bonchev–Trinajstić information content (AvgIpc) is 2.68. The van der Waals surface area contributed by atoms with Gasteiger partial charge in [0.15, 0.2) is 0 Å². The molecule has 2 heterocycles. The van der Waals surface area contributed by atoms with Gasteiger partial charge in [-0.3, -0.25) is 0 Å². The number of rotatable bonds is 3. The molecule has 4 rings (SSSR count). The third-order valence-corrected chi connectivity index (χ3v) is 5.44. The molecule has 0 aliphatic rings. The number of phenols is 1. The van der Waals surface area contributed by atoms with Crippen LogP contribution in [0.5, 0.6) is 5.75 Å². The maximum atomic E-state index is 13.2. The summed E-state index contributed by atoms with van der Waals surface area (Å²) < 4.78 is 44.8. The van der Waals surface area contributed by atoms with Gasteiger partial charge in [0.1, 0.15) is 16.4 Å². The highest BCUT2D eigenvalue weighted by molar-refractivity contribution is 7.98. The molecule has 0 aliphatic carbocycles. The topological polar surface area (TPSA) is 76.2 Å². The second-order valence-corrected chi connectivity index (χ2v) is 7.30. The number of halogens is 3. The predicted molar refractivity (Wildman–Crippen MR) is 103 cm³/mol. The van der Waals surface area contributed by atoms with E-state index < -0.39 is 17.6 Å². The smallest absolute Gasteiger partial charge is 0.451 e. The van der Waals surface area contributed by atoms with Crippen LogP contribution in [0.4, 0.5) is 13.2 Å². The average molecular weight is 418 g/mol. The predicted octanol–water partition coefficient (Wildman–Crippen LogP) is 5.06. The number of benzene rings is 2. The fourth-order valence-electron chi connectivity index (χ4n) is 2.97. The van der Waals surface area contributed by atoms with Crippen molar-refractivity contribution < 1.29 is 22.7 Å². The van der Waals surface area contributed by atoms with Gasteiger partial charge < -0.3 is 9.52 Å². The van der Waals surface area contributed by atoms with Gasteiger partial charge in [0, 0.05) is 28.2 Å². The van der Waals surface area contributed by atoms with Crippen LogP contribution in [0.1, 0.15) is 17.0 Å². The lowest BCUT2D eigenvalue weighted by Crippen LogP contribution is -2.11. The van der Waals surface area contributed by atoms with Crippen LogP contribution in [-0.2, 0) is 11.9 Å². The maximum absolute atomic E-state index is 13.2. The SMILES string of the molecule is Cc1c(O)ccc2c(CSc3nc(C(F)(F)F)nc4ccccc34)cc(=O)oc12. The number of nitrogens with zero attached hydrogens (tertiary/aromatic N) is 2. The Morgan fingerprint density at radius 3 is 2.62 bits per heavy atom. The van der Waals surface area contributed by atoms with E-state index in [9.17, 15) is 23.1 Å². The Balaban J connectivity index is 1.79. The zero-order chi connectivity index (χ0) is 20.8. The minimum Gasteiger partial charge on any atom is -0.508 e. The standard InChI is InChI=1S/C20H13F3N2O3S/c1-10-15(26)7-6-12-11(8-16(27)28-17(10)12)9-29-18-13-4-2-3-5-14(13)24-19(25-18)20(21,22)23/h2-8,26H,9H2,1H3. The van der Waals surface area contributed by atoms with E-state index in [0.717, 1.165) is 11.8 Å². The van der Waals surface area contributed by atoms with Crippen molar-refractivity contribution in [2.75, 3.05) is 0 Å². The van der Waals surface area contributed by atoms with E-state index in [-0.39, 0.29) is 27.6 Å². The Bertz CT molecular complexity index is 1300. The summed E-state index contributed by atoms with van der Waals surface area (Å²) in [6.45, 7) is 1.62. The van der Waals surface area contributed by atoms with E-state index in [2.05, 4.69) is 9.97 Å². The molecule has 0 amide bonds. The van der Waals surface area contributed by atoms with E-state index >= 15 is 0 Å². The number of aryl methyl sites for hydroxylation is 1. The number of phenolic OH excluding ortho intramolecular Hbond substituents is 1. The summed E-state index contributed by atoms with van der Waals surface area (Å²) in [4.78, 5) is 19.3. The number of fused-ring (bicyclic) bond motifs is 2. The molecule has 148 valence electrons. The maximum Gasteiger partial charge on any atom is 0.451 e. The number of aromatic nitrogens is 2. The summed E-state index contributed by atoms with van der Waals surface area (Å²) in [7, 11) is 0. The van der Waals surface area contributed by atoms with E-state index in [1.807, 2.05) is 0 Å². The van der Waals surface area contributed by atoms with E-state index in [4.69, 9.17) is 4.42 Å². The Hall–Kier alpha value is -3.07. The van der Waals surface area contributed by atoms with Gasteiger partial charge in [-0.25, -0.2) is 14.8 Å². The van der Waals surface area contributed by atoms with Gasteiger partial charge in [-0.05, 0) is 30.7 Å². The number of thioether (sulfide) groups is 1. The Kier molecular flexibility index (Phi) is 4.70. The first kappa shape index (κ1) is 19.3. The van der Waals surface area contributed by atoms with Crippen LogP contribution < -0.4 is 5.63 Å². The van der Waals surface area contributed by atoms with Crippen molar-refractivity contribution in [3.63, 3.8) is 0 Å². The molecule has 0 bridgehead atoms. The summed E-state index contributed by atoms with van der Waals surface area (Å²) >= 11 is 1.07. The highest BCUT2D eigenvalue weighted by Gasteiger charge is 2.35.